The van der Waals surface area contributed by atoms with E-state index in [1.165, 1.54) is 0 Å². The van der Waals surface area contributed by atoms with Crippen LogP contribution in [-0.2, 0) is 14.3 Å². The molecule has 1 aliphatic rings. The molecule has 0 aliphatic heterocycles. The van der Waals surface area contributed by atoms with Gasteiger partial charge in [0.25, 0.3) is 0 Å². The van der Waals surface area contributed by atoms with Crippen molar-refractivity contribution in [3.63, 3.8) is 0 Å². The molecule has 1 rings (SSSR count). The van der Waals surface area contributed by atoms with Gasteiger partial charge in [-0.1, -0.05) is 20.3 Å². The summed E-state index contributed by atoms with van der Waals surface area (Å²) in [5.74, 6) is 0.217. The van der Waals surface area contributed by atoms with Crippen molar-refractivity contribution < 1.29 is 14.3 Å². The van der Waals surface area contributed by atoms with Crippen molar-refractivity contribution in [1.29, 1.82) is 0 Å². The molecule has 0 bridgehead atoms. The van der Waals surface area contributed by atoms with Crippen molar-refractivity contribution in [2.75, 3.05) is 13.2 Å². The Bertz CT molecular complexity index is 229. The normalized spacial score (nSPS) is 25.1. The minimum Gasteiger partial charge on any atom is -0.352 e. The maximum Gasteiger partial charge on any atom is 0.167 e. The summed E-state index contributed by atoms with van der Waals surface area (Å²) in [7, 11) is 0. The van der Waals surface area contributed by atoms with Gasteiger partial charge < -0.3 is 9.47 Å². The zero-order chi connectivity index (χ0) is 12.2. The maximum absolute atomic E-state index is 12.3. The fraction of sp³-hybridized carbons (Fsp3) is 0.923. The number of hydrogen-bond acceptors (Lipinski definition) is 3. The van der Waals surface area contributed by atoms with E-state index in [1.807, 2.05) is 27.7 Å². The van der Waals surface area contributed by atoms with Crippen molar-refractivity contribution in [1.82, 2.24) is 0 Å². The Labute approximate surface area is 98.5 Å². The van der Waals surface area contributed by atoms with Gasteiger partial charge in [-0.25, -0.2) is 0 Å². The summed E-state index contributed by atoms with van der Waals surface area (Å²) in [5, 5.41) is 0. The maximum atomic E-state index is 12.3. The van der Waals surface area contributed by atoms with Crippen LogP contribution in [0.3, 0.4) is 0 Å². The molecule has 94 valence electrons. The van der Waals surface area contributed by atoms with E-state index in [2.05, 4.69) is 0 Å². The zero-order valence-electron chi connectivity index (χ0n) is 10.9. The number of carbonyl (C=O) groups excluding carboxylic acids is 1. The summed E-state index contributed by atoms with van der Waals surface area (Å²) in [6.45, 7) is 9.10. The molecule has 1 saturated carbocycles. The lowest BCUT2D eigenvalue weighted by Gasteiger charge is -2.36. The van der Waals surface area contributed by atoms with Crippen LogP contribution in [0.4, 0.5) is 0 Å². The fourth-order valence-electron chi connectivity index (χ4n) is 2.39. The molecule has 0 amide bonds. The smallest absolute Gasteiger partial charge is 0.167 e. The second-order valence-electron chi connectivity index (χ2n) is 5.03. The van der Waals surface area contributed by atoms with E-state index in [9.17, 15) is 4.79 Å². The molecule has 0 aromatic heterocycles. The third-order valence-electron chi connectivity index (χ3n) is 3.31. The van der Waals surface area contributed by atoms with Crippen LogP contribution in [0.15, 0.2) is 0 Å². The van der Waals surface area contributed by atoms with Crippen molar-refractivity contribution in [2.24, 2.45) is 11.3 Å². The van der Waals surface area contributed by atoms with Gasteiger partial charge in [0.1, 0.15) is 5.78 Å². The predicted molar refractivity (Wildman–Crippen MR) is 63.2 cm³/mol. The molecule has 1 aliphatic carbocycles. The van der Waals surface area contributed by atoms with Gasteiger partial charge >= 0.3 is 0 Å². The number of ketones is 1. The van der Waals surface area contributed by atoms with Crippen LogP contribution in [0.2, 0.25) is 0 Å². The number of rotatable bonds is 5. The van der Waals surface area contributed by atoms with E-state index in [0.29, 0.717) is 19.0 Å². The quantitative estimate of drug-likeness (QED) is 0.679. The Kier molecular flexibility index (Phi) is 4.93. The first kappa shape index (κ1) is 13.7. The monoisotopic (exact) mass is 228 g/mol. The summed E-state index contributed by atoms with van der Waals surface area (Å²) in [6, 6.07) is 0. The molecule has 0 radical (unpaired) electrons. The topological polar surface area (TPSA) is 35.5 Å². The van der Waals surface area contributed by atoms with E-state index in [4.69, 9.17) is 9.47 Å². The summed E-state index contributed by atoms with van der Waals surface area (Å²) < 4.78 is 11.1. The highest BCUT2D eigenvalue weighted by molar-refractivity contribution is 5.87. The third kappa shape index (κ3) is 3.05. The molecule has 0 aromatic rings. The summed E-state index contributed by atoms with van der Waals surface area (Å²) in [4.78, 5) is 12.3. The molecule has 16 heavy (non-hydrogen) atoms. The minimum absolute atomic E-state index is 0.0800. The lowest BCUT2D eigenvalue weighted by Crippen LogP contribution is -2.43. The standard InChI is InChI=1S/C13H24O3/c1-5-15-12(16-6-2)10-8-7-9-13(3,4)11(10)14/h10,12H,5-9H2,1-4H3. The number of hydrogen-bond donors (Lipinski definition) is 0. The van der Waals surface area contributed by atoms with Crippen LogP contribution in [0.1, 0.15) is 47.0 Å². The SMILES string of the molecule is CCOC(OCC)C1CCCC(C)(C)C1=O. The molecule has 0 aromatic carbocycles. The summed E-state index contributed by atoms with van der Waals surface area (Å²) in [5.41, 5.74) is -0.213. The molecule has 3 heteroatoms. The highest BCUT2D eigenvalue weighted by Crippen LogP contribution is 2.37. The lowest BCUT2D eigenvalue weighted by molar-refractivity contribution is -0.184. The molecule has 3 nitrogen and oxygen atoms in total. The summed E-state index contributed by atoms with van der Waals surface area (Å²) >= 11 is 0. The Balaban J connectivity index is 2.71. The third-order valence-corrected chi connectivity index (χ3v) is 3.31. The van der Waals surface area contributed by atoms with Gasteiger partial charge in [0.05, 0.1) is 5.92 Å². The Morgan fingerprint density at radius 3 is 2.38 bits per heavy atom. The van der Waals surface area contributed by atoms with Crippen molar-refractivity contribution >= 4 is 5.78 Å². The molecule has 0 N–H and O–H groups in total. The molecular formula is C13H24O3. The predicted octanol–water partition coefficient (Wildman–Crippen LogP) is 2.78. The highest BCUT2D eigenvalue weighted by atomic mass is 16.7. The van der Waals surface area contributed by atoms with Gasteiger partial charge in [-0.2, -0.15) is 0 Å². The van der Waals surface area contributed by atoms with Crippen LogP contribution in [0, 0.1) is 11.3 Å². The van der Waals surface area contributed by atoms with Gasteiger partial charge in [-0.15, -0.1) is 0 Å². The first-order chi connectivity index (χ1) is 7.53. The lowest BCUT2D eigenvalue weighted by atomic mass is 9.71. The summed E-state index contributed by atoms with van der Waals surface area (Å²) in [6.07, 6.45) is 2.61. The molecular weight excluding hydrogens is 204 g/mol. The van der Waals surface area contributed by atoms with Gasteiger partial charge in [0.15, 0.2) is 6.29 Å². The van der Waals surface area contributed by atoms with Gasteiger partial charge in [-0.05, 0) is 26.7 Å². The fourth-order valence-corrected chi connectivity index (χ4v) is 2.39. The largest absolute Gasteiger partial charge is 0.352 e. The minimum atomic E-state index is -0.345. The van der Waals surface area contributed by atoms with E-state index < -0.39 is 0 Å². The first-order valence-electron chi connectivity index (χ1n) is 6.30. The van der Waals surface area contributed by atoms with Crippen molar-refractivity contribution in [3.8, 4) is 0 Å². The molecule has 1 fully saturated rings. The van der Waals surface area contributed by atoms with Crippen molar-refractivity contribution in [2.45, 2.75) is 53.2 Å². The number of ether oxygens (including phenoxy) is 2. The van der Waals surface area contributed by atoms with Gasteiger partial charge in [0, 0.05) is 18.6 Å². The Morgan fingerprint density at radius 1 is 1.31 bits per heavy atom. The van der Waals surface area contributed by atoms with Gasteiger partial charge in [-0.3, -0.25) is 4.79 Å². The van der Waals surface area contributed by atoms with Gasteiger partial charge in [0.2, 0.25) is 0 Å². The Hall–Kier alpha value is -0.410. The molecule has 0 spiro atoms. The van der Waals surface area contributed by atoms with E-state index in [-0.39, 0.29) is 17.6 Å². The number of Topliss-reactive ketones (excluding diaryl/α,β-unsaturated/α-hetero) is 1. The van der Waals surface area contributed by atoms with Crippen LogP contribution in [0.25, 0.3) is 0 Å². The van der Waals surface area contributed by atoms with E-state index in [1.54, 1.807) is 0 Å². The second-order valence-corrected chi connectivity index (χ2v) is 5.03. The first-order valence-corrected chi connectivity index (χ1v) is 6.30. The van der Waals surface area contributed by atoms with Crippen LogP contribution in [0.5, 0.6) is 0 Å². The van der Waals surface area contributed by atoms with E-state index >= 15 is 0 Å². The highest BCUT2D eigenvalue weighted by Gasteiger charge is 2.41. The van der Waals surface area contributed by atoms with Crippen LogP contribution >= 0.6 is 0 Å². The molecule has 0 saturated heterocycles. The van der Waals surface area contributed by atoms with E-state index in [0.717, 1.165) is 19.3 Å². The zero-order valence-corrected chi connectivity index (χ0v) is 10.9. The average Bonchev–Trinajstić information content (AvgIpc) is 2.22. The molecule has 1 unspecified atom stereocenters. The van der Waals surface area contributed by atoms with Crippen LogP contribution < -0.4 is 0 Å². The number of carbonyl (C=O) groups is 1. The Morgan fingerprint density at radius 2 is 1.88 bits per heavy atom. The second kappa shape index (κ2) is 5.78. The van der Waals surface area contributed by atoms with Crippen molar-refractivity contribution in [3.05, 3.63) is 0 Å². The van der Waals surface area contributed by atoms with Crippen LogP contribution in [-0.4, -0.2) is 25.3 Å². The molecule has 0 heterocycles. The average molecular weight is 228 g/mol. The molecule has 1 atom stereocenters.